The summed E-state index contributed by atoms with van der Waals surface area (Å²) in [6.07, 6.45) is -5.73. The number of halogens is 3. The van der Waals surface area contributed by atoms with Gasteiger partial charge < -0.3 is 19.3 Å². The smallest absolute Gasteiger partial charge is 0.394 e. The molecule has 40 heavy (non-hydrogen) atoms. The minimum atomic E-state index is -4.89. The van der Waals surface area contributed by atoms with Crippen LogP contribution in [0.1, 0.15) is 29.9 Å². The number of aliphatic hydroxyl groups is 1. The topological polar surface area (TPSA) is 92.1 Å². The normalized spacial score (nSPS) is 19.8. The van der Waals surface area contributed by atoms with Gasteiger partial charge in [-0.15, -0.1) is 0 Å². The van der Waals surface area contributed by atoms with Crippen LogP contribution in [0.4, 0.5) is 13.2 Å². The van der Waals surface area contributed by atoms with E-state index in [4.69, 9.17) is 4.74 Å². The van der Waals surface area contributed by atoms with Crippen LogP contribution in [0.25, 0.3) is 22.0 Å². The molecule has 0 aliphatic carbocycles. The van der Waals surface area contributed by atoms with Crippen LogP contribution in [0.5, 0.6) is 0 Å². The van der Waals surface area contributed by atoms with Crippen molar-refractivity contribution in [3.05, 3.63) is 59.8 Å². The van der Waals surface area contributed by atoms with Gasteiger partial charge in [0, 0.05) is 49.6 Å². The lowest BCUT2D eigenvalue weighted by atomic mass is 9.96. The summed E-state index contributed by atoms with van der Waals surface area (Å²) in [4.78, 5) is 15.8. The lowest BCUT2D eigenvalue weighted by molar-refractivity contribution is -0.107. The number of ether oxygens (including phenoxy) is 1. The number of aromatic nitrogens is 1. The summed E-state index contributed by atoms with van der Waals surface area (Å²) >= 11 is 0. The number of benzene rings is 2. The van der Waals surface area contributed by atoms with Gasteiger partial charge in [-0.25, -0.2) is 12.7 Å². The SMILES string of the molecule is C[C@H](CO)N1C[C@H](C)[C@H](CN(C)S(=O)(=O)CC(F)(F)F)OCc2ccccc2-c2c(n(C)c3ccccc23)C1=O. The predicted molar refractivity (Wildman–Crippen MR) is 146 cm³/mol. The van der Waals surface area contributed by atoms with Crippen LogP contribution in [0, 0.1) is 5.92 Å². The van der Waals surface area contributed by atoms with Gasteiger partial charge in [-0.3, -0.25) is 4.79 Å². The number of hydrogen-bond acceptors (Lipinski definition) is 5. The van der Waals surface area contributed by atoms with Crippen LogP contribution in [-0.4, -0.2) is 84.0 Å². The summed E-state index contributed by atoms with van der Waals surface area (Å²) in [5, 5.41) is 10.9. The molecule has 2 aromatic carbocycles. The highest BCUT2D eigenvalue weighted by atomic mass is 32.2. The van der Waals surface area contributed by atoms with Crippen molar-refractivity contribution in [2.45, 2.75) is 38.8 Å². The van der Waals surface area contributed by atoms with E-state index < -0.39 is 40.0 Å². The highest BCUT2D eigenvalue weighted by Gasteiger charge is 2.39. The number of amides is 1. The van der Waals surface area contributed by atoms with Crippen molar-refractivity contribution >= 4 is 26.8 Å². The van der Waals surface area contributed by atoms with E-state index >= 15 is 0 Å². The molecule has 0 saturated heterocycles. The van der Waals surface area contributed by atoms with Crippen molar-refractivity contribution in [3.63, 3.8) is 0 Å². The Labute approximate surface area is 232 Å². The molecular weight excluding hydrogens is 547 g/mol. The monoisotopic (exact) mass is 581 g/mol. The van der Waals surface area contributed by atoms with Gasteiger partial charge in [-0.2, -0.15) is 13.2 Å². The summed E-state index contributed by atoms with van der Waals surface area (Å²) in [5.74, 6) is -2.80. The first-order valence-corrected chi connectivity index (χ1v) is 14.6. The number of hydrogen-bond donors (Lipinski definition) is 1. The predicted octanol–water partition coefficient (Wildman–Crippen LogP) is 4.03. The number of carbonyl (C=O) groups is 1. The van der Waals surface area contributed by atoms with Crippen molar-refractivity contribution in [1.29, 1.82) is 0 Å². The van der Waals surface area contributed by atoms with E-state index in [1.54, 1.807) is 13.8 Å². The molecule has 0 fully saturated rings. The number of nitrogens with zero attached hydrogens (tertiary/aromatic N) is 3. The van der Waals surface area contributed by atoms with Gasteiger partial charge >= 0.3 is 6.18 Å². The van der Waals surface area contributed by atoms with Crippen LogP contribution in [-0.2, 0) is 28.4 Å². The van der Waals surface area contributed by atoms with E-state index in [1.165, 1.54) is 4.90 Å². The van der Waals surface area contributed by atoms with E-state index in [1.807, 2.05) is 60.1 Å². The fourth-order valence-electron chi connectivity index (χ4n) is 5.21. The molecule has 0 spiro atoms. The molecule has 4 rings (SSSR count). The highest BCUT2D eigenvalue weighted by molar-refractivity contribution is 7.89. The summed E-state index contributed by atoms with van der Waals surface area (Å²) in [6, 6.07) is 14.5. The number of fused-ring (bicyclic) bond motifs is 5. The molecule has 1 aliphatic heterocycles. The fraction of sp³-hybridized carbons (Fsp3) is 0.464. The Bertz CT molecular complexity index is 1490. The zero-order chi connectivity index (χ0) is 29.4. The number of aryl methyl sites for hydroxylation is 1. The third-order valence-corrected chi connectivity index (χ3v) is 9.27. The van der Waals surface area contributed by atoms with Gasteiger partial charge in [-0.1, -0.05) is 49.4 Å². The van der Waals surface area contributed by atoms with Crippen LogP contribution in [0.2, 0.25) is 0 Å². The quantitative estimate of drug-likeness (QED) is 0.475. The van der Waals surface area contributed by atoms with Crippen LogP contribution < -0.4 is 0 Å². The molecule has 3 atom stereocenters. The highest BCUT2D eigenvalue weighted by Crippen LogP contribution is 2.38. The van der Waals surface area contributed by atoms with Gasteiger partial charge in [0.1, 0.15) is 5.69 Å². The van der Waals surface area contributed by atoms with E-state index in [0.29, 0.717) is 15.6 Å². The molecule has 2 heterocycles. The maximum atomic E-state index is 14.3. The first-order valence-electron chi connectivity index (χ1n) is 12.9. The molecule has 1 N–H and O–H groups in total. The Morgan fingerprint density at radius 2 is 1.80 bits per heavy atom. The first-order chi connectivity index (χ1) is 18.7. The molecule has 3 aromatic rings. The summed E-state index contributed by atoms with van der Waals surface area (Å²) < 4.78 is 72.5. The lowest BCUT2D eigenvalue weighted by Gasteiger charge is -2.35. The Kier molecular flexibility index (Phi) is 8.65. The maximum absolute atomic E-state index is 14.3. The van der Waals surface area contributed by atoms with Crippen LogP contribution >= 0.6 is 0 Å². The fourth-order valence-corrected chi connectivity index (χ4v) is 6.22. The largest absolute Gasteiger partial charge is 0.404 e. The number of carbonyl (C=O) groups excluding carboxylic acids is 1. The van der Waals surface area contributed by atoms with Gasteiger partial charge in [0.05, 0.1) is 25.4 Å². The molecule has 0 radical (unpaired) electrons. The number of rotatable bonds is 6. The first kappa shape index (κ1) is 30.0. The van der Waals surface area contributed by atoms with E-state index in [2.05, 4.69) is 0 Å². The lowest BCUT2D eigenvalue weighted by Crippen LogP contribution is -2.48. The second-order valence-corrected chi connectivity index (χ2v) is 12.5. The van der Waals surface area contributed by atoms with E-state index in [-0.39, 0.29) is 32.2 Å². The molecule has 12 heteroatoms. The number of likely N-dealkylation sites (N-methyl/N-ethyl adjacent to an activating group) is 1. The molecule has 1 amide bonds. The number of aliphatic hydroxyl groups excluding tert-OH is 1. The van der Waals surface area contributed by atoms with Gasteiger partial charge in [-0.05, 0) is 24.1 Å². The Morgan fingerprint density at radius 3 is 2.48 bits per heavy atom. The summed E-state index contributed by atoms with van der Waals surface area (Å²) in [6.45, 7) is 2.93. The second kappa shape index (κ2) is 11.5. The molecule has 1 aliphatic rings. The minimum Gasteiger partial charge on any atom is -0.394 e. The van der Waals surface area contributed by atoms with E-state index in [0.717, 1.165) is 29.1 Å². The molecule has 8 nitrogen and oxygen atoms in total. The van der Waals surface area contributed by atoms with Gasteiger partial charge in [0.2, 0.25) is 10.0 Å². The average Bonchev–Trinajstić information content (AvgIpc) is 3.18. The Morgan fingerprint density at radius 1 is 1.15 bits per heavy atom. The van der Waals surface area contributed by atoms with Crippen molar-refractivity contribution < 1.29 is 36.2 Å². The maximum Gasteiger partial charge on any atom is 0.404 e. The minimum absolute atomic E-state index is 0.0464. The molecule has 0 unspecified atom stereocenters. The third-order valence-electron chi connectivity index (χ3n) is 7.48. The standard InChI is InChI=1S/C28H34F3N3O5S/c1-18-13-34(19(2)15-35)27(36)26-25(22-11-7-8-12-23(22)33(26)4)21-10-6-5-9-20(21)16-39-24(18)14-32(3)40(37,38)17-28(29,30)31/h5-12,18-19,24,35H,13-17H2,1-4H3/t18-,19+,24-/m0/s1. The zero-order valence-electron chi connectivity index (χ0n) is 22.9. The number of sulfonamides is 1. The number of alkyl halides is 3. The van der Waals surface area contributed by atoms with Crippen molar-refractivity contribution in [2.24, 2.45) is 13.0 Å². The molecule has 218 valence electrons. The summed E-state index contributed by atoms with van der Waals surface area (Å²) in [7, 11) is -1.74. The van der Waals surface area contributed by atoms with Crippen LogP contribution in [0.3, 0.4) is 0 Å². The molecular formula is C28H34F3N3O5S. The Hall–Kier alpha value is -2.93. The molecule has 1 aromatic heterocycles. The molecule has 0 bridgehead atoms. The second-order valence-electron chi connectivity index (χ2n) is 10.4. The van der Waals surface area contributed by atoms with Gasteiger partial charge in [0.15, 0.2) is 5.75 Å². The third kappa shape index (κ3) is 6.04. The van der Waals surface area contributed by atoms with E-state index in [9.17, 15) is 31.5 Å². The average molecular weight is 582 g/mol. The van der Waals surface area contributed by atoms with Crippen LogP contribution in [0.15, 0.2) is 48.5 Å². The zero-order valence-corrected chi connectivity index (χ0v) is 23.7. The van der Waals surface area contributed by atoms with Crippen molar-refractivity contribution in [2.75, 3.05) is 32.5 Å². The Balaban J connectivity index is 1.84. The van der Waals surface area contributed by atoms with Crippen molar-refractivity contribution in [1.82, 2.24) is 13.8 Å². The van der Waals surface area contributed by atoms with Crippen molar-refractivity contribution in [3.8, 4) is 11.1 Å². The number of para-hydroxylation sites is 1. The van der Waals surface area contributed by atoms with Gasteiger partial charge in [0.25, 0.3) is 5.91 Å². The molecule has 0 saturated carbocycles. The summed E-state index contributed by atoms with van der Waals surface area (Å²) in [5.41, 5.74) is 3.51.